The van der Waals surface area contributed by atoms with Gasteiger partial charge in [0.25, 0.3) is 0 Å². The van der Waals surface area contributed by atoms with Gasteiger partial charge in [0.1, 0.15) is 6.07 Å². The van der Waals surface area contributed by atoms with E-state index in [9.17, 15) is 5.26 Å². The van der Waals surface area contributed by atoms with Gasteiger partial charge < -0.3 is 10.6 Å². The topological polar surface area (TPSA) is 53.0 Å². The molecule has 0 saturated heterocycles. The first kappa shape index (κ1) is 12.6. The molecule has 2 N–H and O–H groups in total. The summed E-state index contributed by atoms with van der Waals surface area (Å²) in [4.78, 5) is 2.29. The second kappa shape index (κ2) is 4.90. The molecule has 2 aromatic carbocycles. The third-order valence-electron chi connectivity index (χ3n) is 3.92. The Labute approximate surface area is 119 Å². The summed E-state index contributed by atoms with van der Waals surface area (Å²) in [5, 5.41) is 9.32. The Morgan fingerprint density at radius 3 is 2.85 bits per heavy atom. The molecule has 1 aliphatic heterocycles. The number of hydrogen-bond acceptors (Lipinski definition) is 3. The van der Waals surface area contributed by atoms with E-state index in [0.29, 0.717) is 0 Å². The van der Waals surface area contributed by atoms with Gasteiger partial charge >= 0.3 is 0 Å². The summed E-state index contributed by atoms with van der Waals surface area (Å²) in [6.07, 6.45) is 0.995. The van der Waals surface area contributed by atoms with Crippen molar-refractivity contribution in [1.82, 2.24) is 0 Å². The van der Waals surface area contributed by atoms with Gasteiger partial charge in [-0.05, 0) is 48.2 Å². The van der Waals surface area contributed by atoms with Gasteiger partial charge in [-0.2, -0.15) is 5.26 Å². The Balaban J connectivity index is 2.01. The lowest BCUT2D eigenvalue weighted by Gasteiger charge is -2.32. The number of nitrogens with two attached hydrogens (primary N) is 1. The number of benzene rings is 2. The Bertz CT molecular complexity index is 698. The molecular formula is C17H17N3. The summed E-state index contributed by atoms with van der Waals surface area (Å²) in [5.74, 6) is 0. The number of aryl methyl sites for hydroxylation is 1. The normalized spacial score (nSPS) is 13.7. The smallest absolute Gasteiger partial charge is 0.101 e. The molecule has 1 aliphatic rings. The SMILES string of the molecule is Cc1cccc(C#N)c1N1CCc2ccc(N)cc2C1. The standard InChI is InChI=1S/C17H17N3/c1-12-3-2-4-14(10-18)17(12)20-8-7-13-5-6-16(19)9-15(13)11-20/h2-6,9H,7-8,11,19H2,1H3. The molecule has 0 aliphatic carbocycles. The molecule has 100 valence electrons. The molecule has 0 aromatic heterocycles. The van der Waals surface area contributed by atoms with E-state index in [4.69, 9.17) is 5.73 Å². The van der Waals surface area contributed by atoms with Crippen LogP contribution in [-0.2, 0) is 13.0 Å². The number of nitrogen functional groups attached to an aromatic ring is 1. The molecular weight excluding hydrogens is 246 g/mol. The first-order valence-corrected chi connectivity index (χ1v) is 6.81. The molecule has 3 rings (SSSR count). The highest BCUT2D eigenvalue weighted by atomic mass is 15.1. The molecule has 0 fully saturated rings. The maximum atomic E-state index is 9.32. The fraction of sp³-hybridized carbons (Fsp3) is 0.235. The van der Waals surface area contributed by atoms with Crippen LogP contribution < -0.4 is 10.6 Å². The zero-order valence-electron chi connectivity index (χ0n) is 11.6. The highest BCUT2D eigenvalue weighted by molar-refractivity contribution is 5.65. The van der Waals surface area contributed by atoms with Crippen LogP contribution in [-0.4, -0.2) is 6.54 Å². The Hall–Kier alpha value is -2.47. The minimum atomic E-state index is 0.748. The van der Waals surface area contributed by atoms with E-state index in [2.05, 4.69) is 30.0 Å². The third-order valence-corrected chi connectivity index (χ3v) is 3.92. The number of nitrogens with zero attached hydrogens (tertiary/aromatic N) is 2. The molecule has 0 spiro atoms. The maximum absolute atomic E-state index is 9.32. The number of para-hydroxylation sites is 1. The third kappa shape index (κ3) is 2.10. The van der Waals surface area contributed by atoms with Gasteiger partial charge in [-0.15, -0.1) is 0 Å². The molecule has 20 heavy (non-hydrogen) atoms. The summed E-state index contributed by atoms with van der Waals surface area (Å²) in [6.45, 7) is 3.82. The van der Waals surface area contributed by atoms with Crippen LogP contribution in [0.25, 0.3) is 0 Å². The van der Waals surface area contributed by atoms with E-state index in [1.165, 1.54) is 11.1 Å². The molecule has 0 unspecified atom stereocenters. The second-order valence-electron chi connectivity index (χ2n) is 5.28. The van der Waals surface area contributed by atoms with Crippen LogP contribution in [0.1, 0.15) is 22.3 Å². The monoisotopic (exact) mass is 263 g/mol. The van der Waals surface area contributed by atoms with E-state index in [-0.39, 0.29) is 0 Å². The van der Waals surface area contributed by atoms with Crippen LogP contribution in [0.2, 0.25) is 0 Å². The van der Waals surface area contributed by atoms with Crippen molar-refractivity contribution in [3.63, 3.8) is 0 Å². The second-order valence-corrected chi connectivity index (χ2v) is 5.28. The predicted octanol–water partition coefficient (Wildman–Crippen LogP) is 3.01. The lowest BCUT2D eigenvalue weighted by Crippen LogP contribution is -2.31. The minimum absolute atomic E-state index is 0.748. The van der Waals surface area contributed by atoms with Gasteiger partial charge in [-0.3, -0.25) is 0 Å². The molecule has 2 aromatic rings. The van der Waals surface area contributed by atoms with Crippen LogP contribution in [0, 0.1) is 18.3 Å². The molecule has 1 heterocycles. The zero-order valence-corrected chi connectivity index (χ0v) is 11.6. The van der Waals surface area contributed by atoms with Crippen LogP contribution >= 0.6 is 0 Å². The fourth-order valence-electron chi connectivity index (χ4n) is 2.94. The molecule has 0 atom stereocenters. The highest BCUT2D eigenvalue weighted by Crippen LogP contribution is 2.30. The average Bonchev–Trinajstić information content (AvgIpc) is 2.46. The van der Waals surface area contributed by atoms with Crippen molar-refractivity contribution in [2.24, 2.45) is 0 Å². The lowest BCUT2D eigenvalue weighted by atomic mass is 9.97. The van der Waals surface area contributed by atoms with Crippen LogP contribution in [0.5, 0.6) is 0 Å². The number of rotatable bonds is 1. The Morgan fingerprint density at radius 2 is 2.05 bits per heavy atom. The van der Waals surface area contributed by atoms with Gasteiger partial charge in [0.2, 0.25) is 0 Å². The largest absolute Gasteiger partial charge is 0.399 e. The molecule has 3 nitrogen and oxygen atoms in total. The van der Waals surface area contributed by atoms with E-state index >= 15 is 0 Å². The maximum Gasteiger partial charge on any atom is 0.101 e. The quantitative estimate of drug-likeness (QED) is 0.805. The number of hydrogen-bond donors (Lipinski definition) is 1. The van der Waals surface area contributed by atoms with E-state index < -0.39 is 0 Å². The van der Waals surface area contributed by atoms with E-state index in [0.717, 1.165) is 42.0 Å². The van der Waals surface area contributed by atoms with Gasteiger partial charge in [0, 0.05) is 18.8 Å². The highest BCUT2D eigenvalue weighted by Gasteiger charge is 2.20. The molecule has 0 bridgehead atoms. The lowest BCUT2D eigenvalue weighted by molar-refractivity contribution is 0.729. The summed E-state index contributed by atoms with van der Waals surface area (Å²) in [5.41, 5.74) is 12.3. The molecule has 0 amide bonds. The van der Waals surface area contributed by atoms with Gasteiger partial charge in [-0.25, -0.2) is 0 Å². The molecule has 0 saturated carbocycles. The first-order chi connectivity index (χ1) is 9.69. The van der Waals surface area contributed by atoms with Crippen molar-refractivity contribution in [1.29, 1.82) is 5.26 Å². The van der Waals surface area contributed by atoms with Crippen LogP contribution in [0.3, 0.4) is 0 Å². The number of anilines is 2. The average molecular weight is 263 g/mol. The molecule has 0 radical (unpaired) electrons. The van der Waals surface area contributed by atoms with Crippen molar-refractivity contribution < 1.29 is 0 Å². The van der Waals surface area contributed by atoms with Crippen molar-refractivity contribution in [2.45, 2.75) is 19.9 Å². The summed E-state index contributed by atoms with van der Waals surface area (Å²) in [7, 11) is 0. The van der Waals surface area contributed by atoms with Gasteiger partial charge in [-0.1, -0.05) is 18.2 Å². The van der Waals surface area contributed by atoms with Crippen molar-refractivity contribution >= 4 is 11.4 Å². The summed E-state index contributed by atoms with van der Waals surface area (Å²) >= 11 is 0. The number of nitriles is 1. The fourth-order valence-corrected chi connectivity index (χ4v) is 2.94. The Morgan fingerprint density at radius 1 is 1.20 bits per heavy atom. The Kier molecular flexibility index (Phi) is 3.08. The van der Waals surface area contributed by atoms with E-state index in [1.54, 1.807) is 0 Å². The minimum Gasteiger partial charge on any atom is -0.399 e. The number of fused-ring (bicyclic) bond motifs is 1. The van der Waals surface area contributed by atoms with Crippen molar-refractivity contribution in [2.75, 3.05) is 17.2 Å². The van der Waals surface area contributed by atoms with Gasteiger partial charge in [0.05, 0.1) is 11.3 Å². The molecule has 3 heteroatoms. The first-order valence-electron chi connectivity index (χ1n) is 6.81. The summed E-state index contributed by atoms with van der Waals surface area (Å²) in [6, 6.07) is 14.3. The van der Waals surface area contributed by atoms with Gasteiger partial charge in [0.15, 0.2) is 0 Å². The summed E-state index contributed by atoms with van der Waals surface area (Å²) < 4.78 is 0. The predicted molar refractivity (Wildman–Crippen MR) is 81.5 cm³/mol. The van der Waals surface area contributed by atoms with Crippen molar-refractivity contribution in [3.05, 3.63) is 58.7 Å². The van der Waals surface area contributed by atoms with Crippen LogP contribution in [0.15, 0.2) is 36.4 Å². The van der Waals surface area contributed by atoms with Crippen LogP contribution in [0.4, 0.5) is 11.4 Å². The zero-order chi connectivity index (χ0) is 14.1. The van der Waals surface area contributed by atoms with E-state index in [1.807, 2.05) is 24.3 Å². The van der Waals surface area contributed by atoms with Crippen molar-refractivity contribution in [3.8, 4) is 6.07 Å².